The average molecular weight is 377 g/mol. The minimum atomic E-state index is 0. The molecule has 2 aliphatic heterocycles. The molecular formula is C18H18Cl2N4O. The largest absolute Gasteiger partial charge is 0.456 e. The summed E-state index contributed by atoms with van der Waals surface area (Å²) in [5.74, 6) is 1.91. The molecule has 0 saturated carbocycles. The summed E-state index contributed by atoms with van der Waals surface area (Å²) in [5.41, 5.74) is 3.95. The van der Waals surface area contributed by atoms with E-state index in [1.807, 2.05) is 0 Å². The quantitative estimate of drug-likeness (QED) is 0.722. The van der Waals surface area contributed by atoms with Gasteiger partial charge >= 0.3 is 0 Å². The summed E-state index contributed by atoms with van der Waals surface area (Å²) in [6.45, 7) is 3.50. The molecule has 2 aromatic carbocycles. The highest BCUT2D eigenvalue weighted by Gasteiger charge is 2.14. The van der Waals surface area contributed by atoms with E-state index in [1.54, 1.807) is 0 Å². The highest BCUT2D eigenvalue weighted by Crippen LogP contribution is 2.30. The fourth-order valence-electron chi connectivity index (χ4n) is 3.25. The summed E-state index contributed by atoms with van der Waals surface area (Å²) in [6, 6.07) is 12.6. The summed E-state index contributed by atoms with van der Waals surface area (Å²) in [5, 5.41) is 8.87. The number of amidine groups is 2. The lowest BCUT2D eigenvalue weighted by Crippen LogP contribution is -2.19. The van der Waals surface area contributed by atoms with Crippen LogP contribution in [0.15, 0.2) is 50.8 Å². The Bertz CT molecular complexity index is 915. The lowest BCUT2D eigenvalue weighted by atomic mass is 10.1. The van der Waals surface area contributed by atoms with E-state index in [2.05, 4.69) is 57.0 Å². The first-order chi connectivity index (χ1) is 11.4. The maximum atomic E-state index is 6.09. The molecule has 5 nitrogen and oxygen atoms in total. The Morgan fingerprint density at radius 3 is 1.60 bits per heavy atom. The van der Waals surface area contributed by atoms with Crippen LogP contribution >= 0.6 is 24.8 Å². The van der Waals surface area contributed by atoms with Gasteiger partial charge in [0.2, 0.25) is 0 Å². The van der Waals surface area contributed by atoms with Gasteiger partial charge in [-0.3, -0.25) is 9.98 Å². The standard InChI is InChI=1S/C18H16N4O.2ClH/c1-3-13-14-4-2-12(18-21-7-8-22-18)10-16(14)23-15(13)9-11(1)17-19-5-6-20-17;;/h1-4,9-10H,5-8H2,(H,19,20)(H,21,22);2*1H. The van der Waals surface area contributed by atoms with Crippen LogP contribution in [0, 0.1) is 0 Å². The monoisotopic (exact) mass is 376 g/mol. The van der Waals surface area contributed by atoms with Gasteiger partial charge in [0.25, 0.3) is 0 Å². The first-order valence-electron chi connectivity index (χ1n) is 7.92. The van der Waals surface area contributed by atoms with Crippen molar-refractivity contribution >= 4 is 58.4 Å². The van der Waals surface area contributed by atoms with Crippen LogP contribution in [-0.4, -0.2) is 37.9 Å². The summed E-state index contributed by atoms with van der Waals surface area (Å²) in [7, 11) is 0. The molecule has 0 unspecified atom stereocenters. The molecule has 0 saturated heterocycles. The first-order valence-corrected chi connectivity index (χ1v) is 7.92. The predicted molar refractivity (Wildman–Crippen MR) is 107 cm³/mol. The van der Waals surface area contributed by atoms with Gasteiger partial charge in [-0.1, -0.05) is 12.1 Å². The molecule has 2 aliphatic rings. The number of furan rings is 1. The zero-order valence-electron chi connectivity index (χ0n) is 13.4. The normalized spacial score (nSPS) is 15.8. The van der Waals surface area contributed by atoms with E-state index in [1.165, 1.54) is 0 Å². The fraction of sp³-hybridized carbons (Fsp3) is 0.222. The molecule has 3 heterocycles. The minimum Gasteiger partial charge on any atom is -0.456 e. The van der Waals surface area contributed by atoms with Crippen LogP contribution < -0.4 is 10.6 Å². The Balaban J connectivity index is 0.000000911. The second-order valence-corrected chi connectivity index (χ2v) is 5.84. The van der Waals surface area contributed by atoms with Gasteiger partial charge in [-0.25, -0.2) is 0 Å². The van der Waals surface area contributed by atoms with Crippen LogP contribution in [0.4, 0.5) is 0 Å². The zero-order valence-corrected chi connectivity index (χ0v) is 15.0. The SMILES string of the molecule is Cl.Cl.c1cc2c(cc1C1=NCCN1)oc1cc(C3=NCCN3)ccc12. The zero-order chi connectivity index (χ0) is 15.2. The number of nitrogens with zero attached hydrogens (tertiary/aromatic N) is 2. The number of rotatable bonds is 2. The van der Waals surface area contributed by atoms with Gasteiger partial charge in [-0.15, -0.1) is 24.8 Å². The summed E-state index contributed by atoms with van der Waals surface area (Å²) in [6.07, 6.45) is 0. The van der Waals surface area contributed by atoms with Crippen molar-refractivity contribution in [3.8, 4) is 0 Å². The van der Waals surface area contributed by atoms with Crippen molar-refractivity contribution < 1.29 is 4.42 Å². The van der Waals surface area contributed by atoms with Crippen molar-refractivity contribution in [3.05, 3.63) is 47.5 Å². The summed E-state index contributed by atoms with van der Waals surface area (Å²) < 4.78 is 6.09. The Kier molecular flexibility index (Phi) is 4.88. The molecule has 2 N–H and O–H groups in total. The molecule has 0 spiro atoms. The molecule has 0 fully saturated rings. The van der Waals surface area contributed by atoms with E-state index in [-0.39, 0.29) is 24.8 Å². The molecule has 7 heteroatoms. The third-order valence-electron chi connectivity index (χ3n) is 4.37. The van der Waals surface area contributed by atoms with Gasteiger partial charge in [0.1, 0.15) is 22.8 Å². The second kappa shape index (κ2) is 6.94. The number of hydrogen-bond acceptors (Lipinski definition) is 5. The number of hydrogen-bond donors (Lipinski definition) is 2. The lowest BCUT2D eigenvalue weighted by Gasteiger charge is -2.01. The van der Waals surface area contributed by atoms with Gasteiger partial charge in [0, 0.05) is 35.0 Å². The van der Waals surface area contributed by atoms with Crippen LogP contribution in [0.25, 0.3) is 21.9 Å². The topological polar surface area (TPSA) is 61.9 Å². The van der Waals surface area contributed by atoms with E-state index in [4.69, 9.17) is 4.42 Å². The fourth-order valence-corrected chi connectivity index (χ4v) is 3.25. The van der Waals surface area contributed by atoms with E-state index >= 15 is 0 Å². The number of halogens is 2. The van der Waals surface area contributed by atoms with E-state index < -0.39 is 0 Å². The van der Waals surface area contributed by atoms with Gasteiger partial charge in [0.15, 0.2) is 0 Å². The minimum absolute atomic E-state index is 0. The van der Waals surface area contributed by atoms with Gasteiger partial charge < -0.3 is 15.1 Å². The molecule has 1 aromatic heterocycles. The van der Waals surface area contributed by atoms with E-state index in [0.29, 0.717) is 0 Å². The Morgan fingerprint density at radius 2 is 1.20 bits per heavy atom. The highest BCUT2D eigenvalue weighted by molar-refractivity contribution is 6.10. The molecule has 130 valence electrons. The molecule has 0 atom stereocenters. The Labute approximate surface area is 157 Å². The van der Waals surface area contributed by atoms with Crippen molar-refractivity contribution in [1.82, 2.24) is 10.6 Å². The molecule has 0 aliphatic carbocycles. The van der Waals surface area contributed by atoms with Gasteiger partial charge in [0.05, 0.1) is 13.1 Å². The van der Waals surface area contributed by atoms with Gasteiger partial charge in [-0.05, 0) is 24.3 Å². The first kappa shape index (κ1) is 17.6. The van der Waals surface area contributed by atoms with Crippen molar-refractivity contribution in [2.24, 2.45) is 9.98 Å². The smallest absolute Gasteiger partial charge is 0.136 e. The van der Waals surface area contributed by atoms with Crippen LogP contribution in [0.2, 0.25) is 0 Å². The Morgan fingerprint density at radius 1 is 0.720 bits per heavy atom. The van der Waals surface area contributed by atoms with Crippen LogP contribution in [0.5, 0.6) is 0 Å². The summed E-state index contributed by atoms with van der Waals surface area (Å²) in [4.78, 5) is 8.95. The van der Waals surface area contributed by atoms with Crippen molar-refractivity contribution in [3.63, 3.8) is 0 Å². The van der Waals surface area contributed by atoms with Crippen molar-refractivity contribution in [2.75, 3.05) is 26.2 Å². The van der Waals surface area contributed by atoms with Gasteiger partial charge in [-0.2, -0.15) is 0 Å². The predicted octanol–water partition coefficient (Wildman–Crippen LogP) is 3.13. The van der Waals surface area contributed by atoms with Crippen molar-refractivity contribution in [2.45, 2.75) is 0 Å². The molecule has 25 heavy (non-hydrogen) atoms. The molecule has 0 bridgehead atoms. The number of fused-ring (bicyclic) bond motifs is 3. The molecule has 0 radical (unpaired) electrons. The second-order valence-electron chi connectivity index (χ2n) is 5.84. The van der Waals surface area contributed by atoms with Crippen LogP contribution in [0.1, 0.15) is 11.1 Å². The number of aliphatic imine (C=N–C) groups is 2. The molecule has 3 aromatic rings. The number of nitrogens with one attached hydrogen (secondary N) is 2. The third kappa shape index (κ3) is 2.94. The molecule has 0 amide bonds. The van der Waals surface area contributed by atoms with E-state index in [0.717, 1.165) is 70.9 Å². The molecule has 5 rings (SSSR count). The van der Waals surface area contributed by atoms with E-state index in [9.17, 15) is 0 Å². The maximum absolute atomic E-state index is 6.09. The molecular weight excluding hydrogens is 359 g/mol. The number of benzene rings is 2. The van der Waals surface area contributed by atoms with Crippen molar-refractivity contribution in [1.29, 1.82) is 0 Å². The maximum Gasteiger partial charge on any atom is 0.136 e. The van der Waals surface area contributed by atoms with Crippen LogP contribution in [-0.2, 0) is 0 Å². The summed E-state index contributed by atoms with van der Waals surface area (Å²) >= 11 is 0. The lowest BCUT2D eigenvalue weighted by molar-refractivity contribution is 0.668. The Hall–Kier alpha value is -2.24. The average Bonchev–Trinajstić information content (AvgIpc) is 3.32. The van der Waals surface area contributed by atoms with Crippen LogP contribution in [0.3, 0.4) is 0 Å². The third-order valence-corrected chi connectivity index (χ3v) is 4.37. The highest BCUT2D eigenvalue weighted by atomic mass is 35.5.